The molecule has 1 N–H and O–H groups in total. The Morgan fingerprint density at radius 3 is 2.50 bits per heavy atom. The summed E-state index contributed by atoms with van der Waals surface area (Å²) >= 11 is 0. The number of hydrogen-bond donors (Lipinski definition) is 1. The van der Waals surface area contributed by atoms with E-state index in [1.165, 1.54) is 0 Å². The molecule has 124 valence electrons. The second-order valence-electron chi connectivity index (χ2n) is 6.48. The van der Waals surface area contributed by atoms with Crippen LogP contribution in [0.1, 0.15) is 38.3 Å². The van der Waals surface area contributed by atoms with E-state index in [1.54, 1.807) is 10.9 Å². The van der Waals surface area contributed by atoms with Crippen LogP contribution in [0.4, 0.5) is 0 Å². The normalized spacial score (nSPS) is 18.6. The van der Waals surface area contributed by atoms with Gasteiger partial charge in [0.15, 0.2) is 0 Å². The molecule has 0 aliphatic carbocycles. The highest BCUT2D eigenvalue weighted by Crippen LogP contribution is 2.21. The summed E-state index contributed by atoms with van der Waals surface area (Å²) in [4.78, 5) is 17.2. The van der Waals surface area contributed by atoms with Crippen molar-refractivity contribution >= 4 is 5.91 Å². The molecule has 1 aromatic rings. The van der Waals surface area contributed by atoms with Gasteiger partial charge in [0.05, 0.1) is 6.20 Å². The number of aromatic nitrogens is 2. The number of nitrogens with zero attached hydrogens (tertiary/aromatic N) is 4. The zero-order valence-corrected chi connectivity index (χ0v) is 14.4. The van der Waals surface area contributed by atoms with Gasteiger partial charge in [-0.05, 0) is 33.7 Å². The van der Waals surface area contributed by atoms with Crippen LogP contribution in [0.2, 0.25) is 0 Å². The third-order valence-corrected chi connectivity index (χ3v) is 4.72. The summed E-state index contributed by atoms with van der Waals surface area (Å²) in [6.07, 6.45) is 5.75. The highest BCUT2D eigenvalue weighted by Gasteiger charge is 2.30. The summed E-state index contributed by atoms with van der Waals surface area (Å²) in [7, 11) is 5.62. The second-order valence-corrected chi connectivity index (χ2v) is 6.48. The number of carbonyl (C=O) groups excluding carboxylic acids is 1. The predicted molar refractivity (Wildman–Crippen MR) is 87.5 cm³/mol. The number of likely N-dealkylation sites (tertiary alicyclic amines) is 1. The molecule has 1 aromatic heterocycles. The van der Waals surface area contributed by atoms with E-state index in [2.05, 4.69) is 29.2 Å². The molecule has 1 saturated heterocycles. The summed E-state index contributed by atoms with van der Waals surface area (Å²) in [5, 5.41) is 7.29. The van der Waals surface area contributed by atoms with Crippen molar-refractivity contribution in [2.24, 2.45) is 7.05 Å². The van der Waals surface area contributed by atoms with Gasteiger partial charge in [-0.3, -0.25) is 9.48 Å². The maximum absolute atomic E-state index is 12.8. The summed E-state index contributed by atoms with van der Waals surface area (Å²) in [5.41, 5.74) is 0.918. The Morgan fingerprint density at radius 1 is 1.41 bits per heavy atom. The van der Waals surface area contributed by atoms with Crippen LogP contribution in [0.25, 0.3) is 0 Å². The first-order chi connectivity index (χ1) is 10.4. The lowest BCUT2D eigenvalue weighted by Crippen LogP contribution is -2.49. The van der Waals surface area contributed by atoms with Crippen LogP contribution < -0.4 is 5.32 Å². The van der Waals surface area contributed by atoms with E-state index >= 15 is 0 Å². The molecule has 1 aliphatic heterocycles. The van der Waals surface area contributed by atoms with Crippen molar-refractivity contribution in [2.45, 2.75) is 44.8 Å². The van der Waals surface area contributed by atoms with Crippen LogP contribution in [0.5, 0.6) is 0 Å². The van der Waals surface area contributed by atoms with Crippen molar-refractivity contribution < 1.29 is 4.79 Å². The smallest absolute Gasteiger partial charge is 0.244 e. The highest BCUT2D eigenvalue weighted by molar-refractivity contribution is 5.83. The lowest BCUT2D eigenvalue weighted by atomic mass is 10.0. The molecule has 0 spiro atoms. The van der Waals surface area contributed by atoms with Gasteiger partial charge in [0.1, 0.15) is 6.04 Å². The van der Waals surface area contributed by atoms with Crippen molar-refractivity contribution in [3.05, 3.63) is 18.0 Å². The van der Waals surface area contributed by atoms with Crippen molar-refractivity contribution in [3.8, 4) is 0 Å². The first kappa shape index (κ1) is 17.0. The van der Waals surface area contributed by atoms with Gasteiger partial charge in [-0.2, -0.15) is 5.10 Å². The Morgan fingerprint density at radius 2 is 2.05 bits per heavy atom. The van der Waals surface area contributed by atoms with E-state index in [9.17, 15) is 4.79 Å². The zero-order chi connectivity index (χ0) is 16.3. The molecule has 0 radical (unpaired) electrons. The molecule has 1 atom stereocenters. The maximum Gasteiger partial charge on any atom is 0.244 e. The number of carbonyl (C=O) groups is 1. The molecule has 0 aromatic carbocycles. The van der Waals surface area contributed by atoms with E-state index in [4.69, 9.17) is 0 Å². The van der Waals surface area contributed by atoms with E-state index in [1.807, 2.05) is 32.2 Å². The summed E-state index contributed by atoms with van der Waals surface area (Å²) < 4.78 is 1.73. The lowest BCUT2D eigenvalue weighted by Gasteiger charge is -2.39. The summed E-state index contributed by atoms with van der Waals surface area (Å²) in [5.74, 6) is 0.124. The molecule has 1 aliphatic rings. The van der Waals surface area contributed by atoms with Gasteiger partial charge in [-0.1, -0.05) is 0 Å². The number of nitrogens with one attached hydrogen (secondary N) is 1. The van der Waals surface area contributed by atoms with Crippen LogP contribution in [-0.2, 0) is 11.8 Å². The maximum atomic E-state index is 12.8. The van der Waals surface area contributed by atoms with Crippen LogP contribution >= 0.6 is 0 Å². The molecule has 6 heteroatoms. The Labute approximate surface area is 133 Å². The van der Waals surface area contributed by atoms with Gasteiger partial charge in [-0.15, -0.1) is 0 Å². The minimum absolute atomic E-state index is 0.124. The Kier molecular flexibility index (Phi) is 5.58. The zero-order valence-electron chi connectivity index (χ0n) is 14.4. The molecular formula is C16H29N5O. The average molecular weight is 307 g/mol. The monoisotopic (exact) mass is 307 g/mol. The molecule has 0 bridgehead atoms. The van der Waals surface area contributed by atoms with E-state index in [0.29, 0.717) is 12.1 Å². The molecule has 2 rings (SSSR count). The number of piperidine rings is 1. The van der Waals surface area contributed by atoms with E-state index in [-0.39, 0.29) is 11.9 Å². The Hall–Kier alpha value is -1.40. The van der Waals surface area contributed by atoms with Gasteiger partial charge in [0.2, 0.25) is 5.91 Å². The van der Waals surface area contributed by atoms with Gasteiger partial charge in [-0.25, -0.2) is 0 Å². The average Bonchev–Trinajstić information content (AvgIpc) is 2.93. The number of rotatable bonds is 5. The second kappa shape index (κ2) is 7.24. The quantitative estimate of drug-likeness (QED) is 0.882. The van der Waals surface area contributed by atoms with Crippen LogP contribution in [0, 0.1) is 0 Å². The summed E-state index contributed by atoms with van der Waals surface area (Å²) in [6.45, 7) is 6.59. The van der Waals surface area contributed by atoms with Crippen molar-refractivity contribution in [2.75, 3.05) is 27.2 Å². The Bertz CT molecular complexity index is 490. The van der Waals surface area contributed by atoms with Gasteiger partial charge in [0.25, 0.3) is 0 Å². The Balaban J connectivity index is 1.99. The molecule has 1 unspecified atom stereocenters. The predicted octanol–water partition coefficient (Wildman–Crippen LogP) is 1.01. The molecule has 2 heterocycles. The largest absolute Gasteiger partial charge is 0.341 e. The van der Waals surface area contributed by atoms with Gasteiger partial charge in [0, 0.05) is 51.0 Å². The molecule has 1 fully saturated rings. The molecule has 6 nitrogen and oxygen atoms in total. The van der Waals surface area contributed by atoms with Crippen LogP contribution in [0.3, 0.4) is 0 Å². The van der Waals surface area contributed by atoms with Gasteiger partial charge < -0.3 is 15.1 Å². The number of likely N-dealkylation sites (N-methyl/N-ethyl adjacent to an activating group) is 2. The van der Waals surface area contributed by atoms with Crippen molar-refractivity contribution in [1.29, 1.82) is 0 Å². The molecule has 1 amide bonds. The van der Waals surface area contributed by atoms with E-state index in [0.717, 1.165) is 31.5 Å². The van der Waals surface area contributed by atoms with Gasteiger partial charge >= 0.3 is 0 Å². The fourth-order valence-electron chi connectivity index (χ4n) is 3.20. The highest BCUT2D eigenvalue weighted by atomic mass is 16.2. The van der Waals surface area contributed by atoms with Crippen molar-refractivity contribution in [1.82, 2.24) is 24.9 Å². The van der Waals surface area contributed by atoms with Crippen molar-refractivity contribution in [3.63, 3.8) is 0 Å². The fourth-order valence-corrected chi connectivity index (χ4v) is 3.20. The SMILES string of the molecule is CNC(C(=O)N(C)C1CCN(C(C)C)CC1)c1cnn(C)c1. The van der Waals surface area contributed by atoms with E-state index < -0.39 is 0 Å². The first-order valence-corrected chi connectivity index (χ1v) is 8.10. The fraction of sp³-hybridized carbons (Fsp3) is 0.750. The van der Waals surface area contributed by atoms with Crippen LogP contribution in [0.15, 0.2) is 12.4 Å². The minimum Gasteiger partial charge on any atom is -0.341 e. The lowest BCUT2D eigenvalue weighted by molar-refractivity contribution is -0.135. The molecule has 0 saturated carbocycles. The summed E-state index contributed by atoms with van der Waals surface area (Å²) in [6, 6.07) is 0.597. The molecule has 22 heavy (non-hydrogen) atoms. The third kappa shape index (κ3) is 3.67. The number of aryl methyl sites for hydroxylation is 1. The first-order valence-electron chi connectivity index (χ1n) is 8.10. The topological polar surface area (TPSA) is 53.4 Å². The standard InChI is InChI=1S/C16H29N5O/c1-12(2)21-8-6-14(7-9-21)20(5)16(22)15(17-3)13-10-18-19(4)11-13/h10-12,14-15,17H,6-9H2,1-5H3. The third-order valence-electron chi connectivity index (χ3n) is 4.72. The number of hydrogen-bond acceptors (Lipinski definition) is 4. The minimum atomic E-state index is -0.318. The number of amides is 1. The molecular weight excluding hydrogens is 278 g/mol. The van der Waals surface area contributed by atoms with Crippen LogP contribution in [-0.4, -0.2) is 64.8 Å².